The van der Waals surface area contributed by atoms with Crippen molar-refractivity contribution < 1.29 is 13.9 Å². The second kappa shape index (κ2) is 18.0. The van der Waals surface area contributed by atoms with Crippen LogP contribution in [0, 0.1) is 18.3 Å². The zero-order valence-corrected chi connectivity index (χ0v) is 37.3. The van der Waals surface area contributed by atoms with E-state index in [2.05, 4.69) is 97.8 Å². The lowest BCUT2D eigenvalue weighted by Crippen LogP contribution is -2.55. The number of aryl methyl sites for hydroxylation is 1. The largest absolute Gasteiger partial charge is 0.462 e. The summed E-state index contributed by atoms with van der Waals surface area (Å²) >= 11 is 0. The van der Waals surface area contributed by atoms with Crippen LogP contribution in [0.25, 0.3) is 44.2 Å². The summed E-state index contributed by atoms with van der Waals surface area (Å²) in [5.74, 6) is 1.14. The predicted molar refractivity (Wildman–Crippen MR) is 252 cm³/mol. The minimum Gasteiger partial charge on any atom is -0.462 e. The number of aromatic nitrogens is 7. The molecule has 2 unspecified atom stereocenters. The average Bonchev–Trinajstić information content (AvgIpc) is 4.03. The van der Waals surface area contributed by atoms with Gasteiger partial charge in [-0.25, -0.2) is 14.6 Å². The number of nitrogen functional groups attached to an aromatic ring is 2. The van der Waals surface area contributed by atoms with Crippen LogP contribution in [0.1, 0.15) is 56.0 Å². The number of hydrogen-bond donors (Lipinski definition) is 2. The molecule has 334 valence electrons. The fourth-order valence-corrected chi connectivity index (χ4v) is 9.44. The van der Waals surface area contributed by atoms with Crippen LogP contribution in [0.3, 0.4) is 0 Å². The molecule has 3 aliphatic rings. The molecule has 4 N–H and O–H groups in total. The number of hydrogen-bond acceptors (Lipinski definition) is 15. The van der Waals surface area contributed by atoms with Gasteiger partial charge in [-0.3, -0.25) is 4.79 Å². The van der Waals surface area contributed by atoms with Gasteiger partial charge in [0.25, 0.3) is 6.01 Å². The fourth-order valence-electron chi connectivity index (χ4n) is 9.44. The number of carbonyl (C=O) groups is 1. The van der Waals surface area contributed by atoms with Crippen LogP contribution in [0.2, 0.25) is 0 Å². The molecular formula is C48H54N14O3. The highest BCUT2D eigenvalue weighted by Crippen LogP contribution is 2.37. The number of likely N-dealkylation sites (tertiary alicyclic amines) is 1. The van der Waals surface area contributed by atoms with Crippen LogP contribution < -0.4 is 26.0 Å². The van der Waals surface area contributed by atoms with Crippen LogP contribution in [0.5, 0.6) is 6.01 Å². The zero-order chi connectivity index (χ0) is 45.4. The molecule has 17 nitrogen and oxygen atoms in total. The summed E-state index contributed by atoms with van der Waals surface area (Å²) in [5.41, 5.74) is 19.8. The lowest BCUT2D eigenvalue weighted by Gasteiger charge is -2.42. The second-order valence-electron chi connectivity index (χ2n) is 17.2. The maximum absolute atomic E-state index is 12.5. The summed E-state index contributed by atoms with van der Waals surface area (Å²) < 4.78 is 13.4. The van der Waals surface area contributed by atoms with E-state index < -0.39 is 0 Å². The van der Waals surface area contributed by atoms with Crippen molar-refractivity contribution in [3.63, 3.8) is 0 Å². The Hall–Kier alpha value is -7.32. The van der Waals surface area contributed by atoms with Gasteiger partial charge in [0.1, 0.15) is 35.8 Å². The third-order valence-corrected chi connectivity index (χ3v) is 12.8. The van der Waals surface area contributed by atoms with Crippen molar-refractivity contribution in [2.75, 3.05) is 67.6 Å². The van der Waals surface area contributed by atoms with E-state index in [0.717, 1.165) is 59.7 Å². The molecule has 3 aliphatic heterocycles. The van der Waals surface area contributed by atoms with Crippen molar-refractivity contribution in [2.45, 2.75) is 71.1 Å². The van der Waals surface area contributed by atoms with Gasteiger partial charge in [0.2, 0.25) is 5.91 Å². The van der Waals surface area contributed by atoms with E-state index in [4.69, 9.17) is 30.6 Å². The highest BCUT2D eigenvalue weighted by atomic mass is 16.5. The average molecular weight is 875 g/mol. The van der Waals surface area contributed by atoms with Crippen LogP contribution in [-0.4, -0.2) is 109 Å². The first-order valence-corrected chi connectivity index (χ1v) is 22.2. The van der Waals surface area contributed by atoms with E-state index in [1.54, 1.807) is 4.90 Å². The van der Waals surface area contributed by atoms with E-state index in [0.29, 0.717) is 67.4 Å². The minimum atomic E-state index is -0.227. The molecule has 3 aromatic carbocycles. The van der Waals surface area contributed by atoms with Crippen LogP contribution in [0.15, 0.2) is 78.0 Å². The van der Waals surface area contributed by atoms with Crippen LogP contribution in [-0.2, 0) is 17.8 Å². The number of nitrogens with zero attached hydrogens (tertiary/aromatic N) is 12. The molecule has 2 fully saturated rings. The Labute approximate surface area is 377 Å². The van der Waals surface area contributed by atoms with Crippen LogP contribution >= 0.6 is 0 Å². The molecule has 0 aliphatic carbocycles. The molecule has 0 spiro atoms. The number of anilines is 4. The van der Waals surface area contributed by atoms with Gasteiger partial charge in [0.05, 0.1) is 36.2 Å². The summed E-state index contributed by atoms with van der Waals surface area (Å²) in [6.07, 6.45) is 6.12. The molecule has 2 saturated heterocycles. The third-order valence-electron chi connectivity index (χ3n) is 12.8. The molecule has 17 heteroatoms. The summed E-state index contributed by atoms with van der Waals surface area (Å²) in [4.78, 5) is 43.8. The molecule has 0 saturated carbocycles. The molecule has 0 bridgehead atoms. The smallest absolute Gasteiger partial charge is 0.318 e. The van der Waals surface area contributed by atoms with Crippen molar-refractivity contribution in [1.29, 1.82) is 5.26 Å². The number of likely N-dealkylation sites (N-methyl/N-ethyl adjacent to an activating group) is 1. The highest BCUT2D eigenvalue weighted by molar-refractivity contribution is 6.00. The number of oxazole rings is 1. The number of ether oxygens (including phenoxy) is 1. The first-order chi connectivity index (χ1) is 31.5. The van der Waals surface area contributed by atoms with E-state index in [9.17, 15) is 10.1 Å². The Morgan fingerprint density at radius 2 is 1.85 bits per heavy atom. The Balaban J connectivity index is 0.000000194. The van der Waals surface area contributed by atoms with E-state index in [1.165, 1.54) is 40.8 Å². The molecule has 0 radical (unpaired) electrons. The first kappa shape index (κ1) is 43.0. The quantitative estimate of drug-likeness (QED) is 0.149. The third kappa shape index (κ3) is 8.44. The van der Waals surface area contributed by atoms with Gasteiger partial charge >= 0.3 is 6.01 Å². The Kier molecular flexibility index (Phi) is 11.9. The zero-order valence-electron chi connectivity index (χ0n) is 37.3. The molecule has 10 rings (SSSR count). The summed E-state index contributed by atoms with van der Waals surface area (Å²) in [5, 5.41) is 17.5. The standard InChI is InChI=1S/C33H39N7O2.C15H15N7O/c1-4-30(41)40-19-18-39(20-25(40)13-15-34)32-27-14-17-38(29-12-6-10-24-9-5-8-23(2)31(24)29)21-28(27)35-33(36-32)42-22-26-11-7-16-37(26)3;1-7(2)22-14-11(13(16)18-6-19-14)12(21-22)8-3-4-10-9(5-8)20-15(17)23-10/h4-6,8-10,12,25-26H,1,7,11,13-14,16-22H2,2-3H3;3-7H,1-2H3,(H2,17,20)(H2,16,18,19). The number of carbonyl (C=O) groups excluding carboxylic acids is 1. The number of nitrogens with two attached hydrogens (primary N) is 2. The van der Waals surface area contributed by atoms with E-state index in [1.807, 2.05) is 36.7 Å². The normalized spacial score (nSPS) is 17.6. The number of fused-ring (bicyclic) bond motifs is 4. The summed E-state index contributed by atoms with van der Waals surface area (Å²) in [6.45, 7) is 14.7. The van der Waals surface area contributed by atoms with Gasteiger partial charge in [0, 0.05) is 60.5 Å². The highest BCUT2D eigenvalue weighted by Gasteiger charge is 2.34. The molecule has 4 aromatic heterocycles. The Bertz CT molecular complexity index is 2950. The Morgan fingerprint density at radius 1 is 1.02 bits per heavy atom. The molecule has 7 aromatic rings. The molecular weight excluding hydrogens is 821 g/mol. The number of rotatable bonds is 9. The van der Waals surface area contributed by atoms with Gasteiger partial charge in [0.15, 0.2) is 11.2 Å². The molecule has 7 heterocycles. The maximum Gasteiger partial charge on any atom is 0.318 e. The van der Waals surface area contributed by atoms with Gasteiger partial charge in [-0.1, -0.05) is 36.9 Å². The monoisotopic (exact) mass is 874 g/mol. The van der Waals surface area contributed by atoms with Gasteiger partial charge in [-0.15, -0.1) is 0 Å². The minimum absolute atomic E-state index is 0.134. The Morgan fingerprint density at radius 3 is 2.62 bits per heavy atom. The number of benzene rings is 3. The summed E-state index contributed by atoms with van der Waals surface area (Å²) in [7, 11) is 2.14. The second-order valence-corrected chi connectivity index (χ2v) is 17.2. The van der Waals surface area contributed by atoms with E-state index >= 15 is 0 Å². The van der Waals surface area contributed by atoms with Crippen molar-refractivity contribution in [3.8, 4) is 23.3 Å². The van der Waals surface area contributed by atoms with Crippen molar-refractivity contribution >= 4 is 62.2 Å². The maximum atomic E-state index is 12.5. The number of amides is 1. The molecule has 2 atom stereocenters. The summed E-state index contributed by atoms with van der Waals surface area (Å²) in [6, 6.07) is 21.6. The van der Waals surface area contributed by atoms with Gasteiger partial charge < -0.3 is 40.2 Å². The molecule has 1 amide bonds. The number of piperazine rings is 1. The van der Waals surface area contributed by atoms with Gasteiger partial charge in [-0.2, -0.15) is 25.3 Å². The first-order valence-electron chi connectivity index (χ1n) is 22.2. The lowest BCUT2D eigenvalue weighted by atomic mass is 9.99. The lowest BCUT2D eigenvalue weighted by molar-refractivity contribution is -0.128. The van der Waals surface area contributed by atoms with Crippen molar-refractivity contribution in [2.24, 2.45) is 0 Å². The topological polar surface area (TPSA) is 211 Å². The van der Waals surface area contributed by atoms with Gasteiger partial charge in [-0.05, 0) is 94.9 Å². The van der Waals surface area contributed by atoms with Crippen molar-refractivity contribution in [3.05, 3.63) is 90.4 Å². The van der Waals surface area contributed by atoms with E-state index in [-0.39, 0.29) is 30.4 Å². The predicted octanol–water partition coefficient (Wildman–Crippen LogP) is 6.47. The van der Waals surface area contributed by atoms with Crippen LogP contribution in [0.4, 0.5) is 23.3 Å². The fraction of sp³-hybridized carbons (Fsp3) is 0.375. The number of nitriles is 1. The molecule has 65 heavy (non-hydrogen) atoms. The SMILES string of the molecule is C=CC(=O)N1CCN(c2nc(OCC3CCCN3C)nc3c2CCN(c2cccc4cccc(C)c24)C3)CC1CC#N.CC(C)n1nc(-c2ccc3oc(N)nc3c2)c2c(N)ncnc21. The van der Waals surface area contributed by atoms with Crippen molar-refractivity contribution in [1.82, 2.24) is 44.5 Å².